The van der Waals surface area contributed by atoms with E-state index in [-0.39, 0.29) is 5.56 Å². The van der Waals surface area contributed by atoms with Gasteiger partial charge in [0, 0.05) is 19.2 Å². The fourth-order valence-electron chi connectivity index (χ4n) is 1.32. The van der Waals surface area contributed by atoms with Crippen molar-refractivity contribution in [2.45, 2.75) is 32.7 Å². The molecule has 5 nitrogen and oxygen atoms in total. The lowest BCUT2D eigenvalue weighted by molar-refractivity contribution is 0.0696. The fraction of sp³-hybridized carbons (Fsp3) is 0.500. The van der Waals surface area contributed by atoms with Crippen molar-refractivity contribution in [3.63, 3.8) is 0 Å². The van der Waals surface area contributed by atoms with Gasteiger partial charge in [0.2, 0.25) is 0 Å². The zero-order valence-electron chi connectivity index (χ0n) is 8.60. The van der Waals surface area contributed by atoms with E-state index in [0.29, 0.717) is 18.7 Å². The molecule has 0 aliphatic rings. The quantitative estimate of drug-likeness (QED) is 0.743. The van der Waals surface area contributed by atoms with Gasteiger partial charge in [0.15, 0.2) is 0 Å². The number of carbonyl (C=O) groups is 1. The van der Waals surface area contributed by atoms with Gasteiger partial charge in [0.05, 0.1) is 11.8 Å². The van der Waals surface area contributed by atoms with Crippen LogP contribution in [-0.2, 0) is 6.54 Å². The van der Waals surface area contributed by atoms with Crippen LogP contribution in [0.25, 0.3) is 0 Å². The average Bonchev–Trinajstić information content (AvgIpc) is 2.55. The van der Waals surface area contributed by atoms with Crippen molar-refractivity contribution in [1.82, 2.24) is 9.78 Å². The average molecular weight is 207 g/mol. The SMILES string of the molecule is Cc1nn(CCCCC#N)cc1C(=O)O. The number of aromatic nitrogens is 2. The first-order chi connectivity index (χ1) is 7.15. The summed E-state index contributed by atoms with van der Waals surface area (Å²) in [4.78, 5) is 10.7. The summed E-state index contributed by atoms with van der Waals surface area (Å²) < 4.78 is 1.62. The van der Waals surface area contributed by atoms with Crippen LogP contribution in [0, 0.1) is 18.3 Å². The summed E-state index contributed by atoms with van der Waals surface area (Å²) in [5.74, 6) is -0.948. The molecule has 0 saturated heterocycles. The Hall–Kier alpha value is -1.83. The lowest BCUT2D eigenvalue weighted by Crippen LogP contribution is -1.98. The smallest absolute Gasteiger partial charge is 0.339 e. The van der Waals surface area contributed by atoms with E-state index in [1.807, 2.05) is 0 Å². The predicted molar refractivity (Wildman–Crippen MR) is 53.4 cm³/mol. The molecule has 1 heterocycles. The Balaban J connectivity index is 2.53. The zero-order chi connectivity index (χ0) is 11.3. The topological polar surface area (TPSA) is 78.9 Å². The van der Waals surface area contributed by atoms with Gasteiger partial charge in [-0.15, -0.1) is 0 Å². The first kappa shape index (κ1) is 11.2. The van der Waals surface area contributed by atoms with Crippen molar-refractivity contribution in [1.29, 1.82) is 5.26 Å². The first-order valence-corrected chi connectivity index (χ1v) is 4.79. The highest BCUT2D eigenvalue weighted by molar-refractivity contribution is 5.88. The molecule has 0 unspecified atom stereocenters. The van der Waals surface area contributed by atoms with Crippen LogP contribution in [0.1, 0.15) is 35.3 Å². The summed E-state index contributed by atoms with van der Waals surface area (Å²) in [6.07, 6.45) is 3.72. The highest BCUT2D eigenvalue weighted by Crippen LogP contribution is 2.06. The Kier molecular flexibility index (Phi) is 3.86. The molecule has 0 aromatic carbocycles. The number of nitriles is 1. The van der Waals surface area contributed by atoms with Gasteiger partial charge in [-0.25, -0.2) is 4.79 Å². The molecule has 1 aromatic heterocycles. The Labute approximate surface area is 87.9 Å². The summed E-state index contributed by atoms with van der Waals surface area (Å²) in [6, 6.07) is 2.07. The number of hydrogen-bond acceptors (Lipinski definition) is 3. The highest BCUT2D eigenvalue weighted by atomic mass is 16.4. The molecular formula is C10H13N3O2. The Morgan fingerprint density at radius 1 is 1.67 bits per heavy atom. The van der Waals surface area contributed by atoms with Crippen molar-refractivity contribution in [2.24, 2.45) is 0 Å². The summed E-state index contributed by atoms with van der Waals surface area (Å²) >= 11 is 0. The molecule has 0 fully saturated rings. The van der Waals surface area contributed by atoms with Crippen LogP contribution in [0.15, 0.2) is 6.20 Å². The minimum Gasteiger partial charge on any atom is -0.478 e. The van der Waals surface area contributed by atoms with E-state index in [9.17, 15) is 4.79 Å². The minimum absolute atomic E-state index is 0.246. The Morgan fingerprint density at radius 2 is 2.40 bits per heavy atom. The van der Waals surface area contributed by atoms with E-state index in [2.05, 4.69) is 11.2 Å². The minimum atomic E-state index is -0.948. The number of carboxylic acids is 1. The van der Waals surface area contributed by atoms with Crippen LogP contribution in [-0.4, -0.2) is 20.9 Å². The highest BCUT2D eigenvalue weighted by Gasteiger charge is 2.10. The number of hydrogen-bond donors (Lipinski definition) is 1. The Bertz CT molecular complexity index is 390. The van der Waals surface area contributed by atoms with Gasteiger partial charge in [-0.3, -0.25) is 4.68 Å². The van der Waals surface area contributed by atoms with Crippen LogP contribution in [0.2, 0.25) is 0 Å². The second kappa shape index (κ2) is 5.15. The maximum Gasteiger partial charge on any atom is 0.339 e. The number of unbranched alkanes of at least 4 members (excludes halogenated alkanes) is 2. The maximum atomic E-state index is 10.7. The van der Waals surface area contributed by atoms with E-state index in [4.69, 9.17) is 10.4 Å². The van der Waals surface area contributed by atoms with Crippen LogP contribution < -0.4 is 0 Å². The number of aryl methyl sites for hydroxylation is 2. The number of rotatable bonds is 5. The van der Waals surface area contributed by atoms with Gasteiger partial charge in [-0.1, -0.05) is 0 Å². The third-order valence-corrected chi connectivity index (χ3v) is 2.10. The fourth-order valence-corrected chi connectivity index (χ4v) is 1.32. The zero-order valence-corrected chi connectivity index (χ0v) is 8.60. The molecule has 0 saturated carbocycles. The van der Waals surface area contributed by atoms with Gasteiger partial charge >= 0.3 is 5.97 Å². The van der Waals surface area contributed by atoms with Crippen LogP contribution >= 0.6 is 0 Å². The number of aromatic carboxylic acids is 1. The molecule has 80 valence electrons. The molecular weight excluding hydrogens is 194 g/mol. The van der Waals surface area contributed by atoms with Gasteiger partial charge in [-0.2, -0.15) is 10.4 Å². The molecule has 1 rings (SSSR count). The van der Waals surface area contributed by atoms with Crippen LogP contribution in [0.4, 0.5) is 0 Å². The third-order valence-electron chi connectivity index (χ3n) is 2.10. The Morgan fingerprint density at radius 3 is 2.93 bits per heavy atom. The van der Waals surface area contributed by atoms with Gasteiger partial charge in [-0.05, 0) is 19.8 Å². The van der Waals surface area contributed by atoms with Crippen molar-refractivity contribution < 1.29 is 9.90 Å². The molecule has 15 heavy (non-hydrogen) atoms. The van der Waals surface area contributed by atoms with E-state index in [1.165, 1.54) is 6.20 Å². The van der Waals surface area contributed by atoms with Gasteiger partial charge < -0.3 is 5.11 Å². The van der Waals surface area contributed by atoms with E-state index >= 15 is 0 Å². The summed E-state index contributed by atoms with van der Waals surface area (Å²) in [5, 5.41) is 21.2. The molecule has 5 heteroatoms. The third kappa shape index (κ3) is 3.09. The van der Waals surface area contributed by atoms with Gasteiger partial charge in [0.1, 0.15) is 5.56 Å². The standard InChI is InChI=1S/C10H13N3O2/c1-8-9(10(14)15)7-13(12-8)6-4-2-3-5-11/h7H,2-4,6H2,1H3,(H,14,15). The van der Waals surface area contributed by atoms with Crippen molar-refractivity contribution >= 4 is 5.97 Å². The predicted octanol–water partition coefficient (Wildman–Crippen LogP) is 1.58. The molecule has 0 aliphatic carbocycles. The molecule has 0 radical (unpaired) electrons. The van der Waals surface area contributed by atoms with Crippen molar-refractivity contribution in [3.05, 3.63) is 17.5 Å². The molecule has 1 N–H and O–H groups in total. The van der Waals surface area contributed by atoms with Crippen molar-refractivity contribution in [3.8, 4) is 6.07 Å². The summed E-state index contributed by atoms with van der Waals surface area (Å²) in [7, 11) is 0. The maximum absolute atomic E-state index is 10.7. The first-order valence-electron chi connectivity index (χ1n) is 4.79. The van der Waals surface area contributed by atoms with E-state index in [0.717, 1.165) is 12.8 Å². The largest absolute Gasteiger partial charge is 0.478 e. The molecule has 0 bridgehead atoms. The van der Waals surface area contributed by atoms with E-state index < -0.39 is 5.97 Å². The van der Waals surface area contributed by atoms with E-state index in [1.54, 1.807) is 11.6 Å². The molecule has 1 aromatic rings. The molecule has 0 amide bonds. The molecule has 0 spiro atoms. The normalized spacial score (nSPS) is 9.87. The van der Waals surface area contributed by atoms with Gasteiger partial charge in [0.25, 0.3) is 0 Å². The summed E-state index contributed by atoms with van der Waals surface area (Å²) in [6.45, 7) is 2.34. The molecule has 0 atom stereocenters. The second-order valence-corrected chi connectivity index (χ2v) is 3.31. The van der Waals surface area contributed by atoms with Crippen LogP contribution in [0.3, 0.4) is 0 Å². The lowest BCUT2D eigenvalue weighted by atomic mass is 10.2. The second-order valence-electron chi connectivity index (χ2n) is 3.31. The molecule has 0 aliphatic heterocycles. The number of carboxylic acid groups (broad SMARTS) is 1. The lowest BCUT2D eigenvalue weighted by Gasteiger charge is -1.97. The number of nitrogens with zero attached hydrogens (tertiary/aromatic N) is 3. The van der Waals surface area contributed by atoms with Crippen LogP contribution in [0.5, 0.6) is 0 Å². The monoisotopic (exact) mass is 207 g/mol. The van der Waals surface area contributed by atoms with Crippen molar-refractivity contribution in [2.75, 3.05) is 0 Å². The summed E-state index contributed by atoms with van der Waals surface area (Å²) in [5.41, 5.74) is 0.776.